The van der Waals surface area contributed by atoms with E-state index >= 15 is 0 Å². The molecule has 2 nitrogen and oxygen atoms in total. The summed E-state index contributed by atoms with van der Waals surface area (Å²) in [5, 5.41) is 8.58. The van der Waals surface area contributed by atoms with Crippen molar-refractivity contribution < 1.29 is 23.1 Å². The molecule has 0 aromatic rings. The highest BCUT2D eigenvalue weighted by molar-refractivity contribution is 5.76. The van der Waals surface area contributed by atoms with Gasteiger partial charge in [0.2, 0.25) is 0 Å². The molecule has 1 N–H and O–H groups in total. The van der Waals surface area contributed by atoms with E-state index in [4.69, 9.17) is 5.11 Å². The zero-order valence-electron chi connectivity index (χ0n) is 7.99. The van der Waals surface area contributed by atoms with Gasteiger partial charge < -0.3 is 5.11 Å². The van der Waals surface area contributed by atoms with Crippen LogP contribution in [0.4, 0.5) is 13.2 Å². The predicted octanol–water partition coefficient (Wildman–Crippen LogP) is 2.69. The van der Waals surface area contributed by atoms with Gasteiger partial charge in [-0.25, -0.2) is 0 Å². The van der Waals surface area contributed by atoms with E-state index in [0.29, 0.717) is 6.92 Å². The highest BCUT2D eigenvalue weighted by atomic mass is 19.4. The normalized spacial score (nSPS) is 18.1. The minimum Gasteiger partial charge on any atom is -0.481 e. The molecule has 0 radical (unpaired) electrons. The van der Waals surface area contributed by atoms with Crippen molar-refractivity contribution in [2.24, 2.45) is 10.8 Å². The van der Waals surface area contributed by atoms with Crippen LogP contribution in [0.5, 0.6) is 0 Å². The van der Waals surface area contributed by atoms with Gasteiger partial charge in [-0.3, -0.25) is 4.79 Å². The molecule has 0 saturated heterocycles. The number of hydrogen-bond acceptors (Lipinski definition) is 1. The Morgan fingerprint density at radius 3 is 1.38 bits per heavy atom. The van der Waals surface area contributed by atoms with Crippen LogP contribution in [0.25, 0.3) is 0 Å². The Bertz CT molecular complexity index is 198. The fourth-order valence-electron chi connectivity index (χ4n) is 0.867. The van der Waals surface area contributed by atoms with Gasteiger partial charge in [0.25, 0.3) is 0 Å². The number of carbonyl (C=O) groups is 1. The zero-order valence-corrected chi connectivity index (χ0v) is 7.99. The van der Waals surface area contributed by atoms with Crippen molar-refractivity contribution in [3.8, 4) is 0 Å². The highest BCUT2D eigenvalue weighted by Crippen LogP contribution is 2.50. The summed E-state index contributed by atoms with van der Waals surface area (Å²) >= 11 is 0. The fourth-order valence-corrected chi connectivity index (χ4v) is 0.867. The van der Waals surface area contributed by atoms with Gasteiger partial charge in [-0.05, 0) is 12.3 Å². The first-order valence-electron chi connectivity index (χ1n) is 3.74. The summed E-state index contributed by atoms with van der Waals surface area (Å²) < 4.78 is 37.4. The third-order valence-corrected chi connectivity index (χ3v) is 2.49. The number of halogens is 3. The van der Waals surface area contributed by atoms with E-state index in [2.05, 4.69) is 0 Å². The molecule has 13 heavy (non-hydrogen) atoms. The fraction of sp³-hybridized carbons (Fsp3) is 0.875. The quantitative estimate of drug-likeness (QED) is 0.703. The molecule has 0 aliphatic rings. The second kappa shape index (κ2) is 2.89. The van der Waals surface area contributed by atoms with Gasteiger partial charge in [-0.1, -0.05) is 20.8 Å². The van der Waals surface area contributed by atoms with Gasteiger partial charge in [0, 0.05) is 0 Å². The van der Waals surface area contributed by atoms with Gasteiger partial charge in [-0.2, -0.15) is 13.2 Å². The van der Waals surface area contributed by atoms with Crippen LogP contribution < -0.4 is 0 Å². The highest BCUT2D eigenvalue weighted by Gasteiger charge is 2.63. The largest absolute Gasteiger partial charge is 0.481 e. The summed E-state index contributed by atoms with van der Waals surface area (Å²) in [5.74, 6) is -1.84. The van der Waals surface area contributed by atoms with Crippen LogP contribution in [0, 0.1) is 10.8 Å². The molecule has 0 aliphatic heterocycles. The summed E-state index contributed by atoms with van der Waals surface area (Å²) in [6.45, 7) is 4.48. The number of alkyl halides is 3. The average molecular weight is 198 g/mol. The molecule has 0 bridgehead atoms. The predicted molar refractivity (Wildman–Crippen MR) is 41.3 cm³/mol. The lowest BCUT2D eigenvalue weighted by Gasteiger charge is -2.39. The second-order valence-corrected chi connectivity index (χ2v) is 4.18. The lowest BCUT2D eigenvalue weighted by atomic mass is 9.67. The van der Waals surface area contributed by atoms with E-state index in [1.807, 2.05) is 0 Å². The van der Waals surface area contributed by atoms with E-state index in [1.165, 1.54) is 20.8 Å². The van der Waals surface area contributed by atoms with Gasteiger partial charge >= 0.3 is 12.1 Å². The van der Waals surface area contributed by atoms with E-state index in [0.717, 1.165) is 0 Å². The average Bonchev–Trinajstić information content (AvgIpc) is 1.80. The number of rotatable bonds is 1. The van der Waals surface area contributed by atoms with Crippen molar-refractivity contribution in [1.29, 1.82) is 0 Å². The number of carboxylic acids is 1. The van der Waals surface area contributed by atoms with Crippen LogP contribution in [0.2, 0.25) is 0 Å². The van der Waals surface area contributed by atoms with Gasteiger partial charge in [-0.15, -0.1) is 0 Å². The van der Waals surface area contributed by atoms with Crippen molar-refractivity contribution >= 4 is 5.97 Å². The number of carboxylic acid groups (broad SMARTS) is 1. The van der Waals surface area contributed by atoms with Crippen molar-refractivity contribution in [2.45, 2.75) is 33.9 Å². The Morgan fingerprint density at radius 1 is 1.08 bits per heavy atom. The third kappa shape index (κ3) is 1.78. The first-order valence-corrected chi connectivity index (χ1v) is 3.74. The molecule has 0 aromatic heterocycles. The Labute approximate surface area is 74.7 Å². The van der Waals surface area contributed by atoms with Gasteiger partial charge in [0.05, 0.1) is 0 Å². The maximum Gasteiger partial charge on any atom is 0.405 e. The van der Waals surface area contributed by atoms with Crippen LogP contribution in [-0.4, -0.2) is 17.3 Å². The van der Waals surface area contributed by atoms with Crippen LogP contribution in [0.3, 0.4) is 0 Å². The summed E-state index contributed by atoms with van der Waals surface area (Å²) in [5.41, 5.74) is -4.07. The monoisotopic (exact) mass is 198 g/mol. The van der Waals surface area contributed by atoms with E-state index in [-0.39, 0.29) is 0 Å². The van der Waals surface area contributed by atoms with Crippen LogP contribution in [0.1, 0.15) is 27.7 Å². The first-order chi connectivity index (χ1) is 5.44. The molecule has 78 valence electrons. The molecular formula is C8H13F3O2. The summed E-state index contributed by atoms with van der Waals surface area (Å²) in [7, 11) is 0. The van der Waals surface area contributed by atoms with Crippen LogP contribution in [-0.2, 0) is 4.79 Å². The van der Waals surface area contributed by atoms with Gasteiger partial charge in [0.15, 0.2) is 5.41 Å². The van der Waals surface area contributed by atoms with Crippen molar-refractivity contribution in [1.82, 2.24) is 0 Å². The molecule has 0 rings (SSSR count). The Kier molecular flexibility index (Phi) is 2.72. The Hall–Kier alpha value is -0.740. The van der Waals surface area contributed by atoms with E-state index in [9.17, 15) is 18.0 Å². The maximum atomic E-state index is 12.5. The summed E-state index contributed by atoms with van der Waals surface area (Å²) in [6.07, 6.45) is -4.74. The molecule has 0 aromatic carbocycles. The molecule has 1 unspecified atom stereocenters. The number of hydrogen-bond donors (Lipinski definition) is 1. The molecule has 0 fully saturated rings. The van der Waals surface area contributed by atoms with Crippen LogP contribution in [0.15, 0.2) is 0 Å². The van der Waals surface area contributed by atoms with Gasteiger partial charge in [0.1, 0.15) is 0 Å². The minimum atomic E-state index is -4.74. The van der Waals surface area contributed by atoms with Crippen molar-refractivity contribution in [3.63, 3.8) is 0 Å². The standard InChI is InChI=1S/C8H13F3O2/c1-6(2,3)7(4,5(12)13)8(9,10)11/h1-4H3,(H,12,13). The first kappa shape index (κ1) is 12.3. The molecule has 1 atom stereocenters. The van der Waals surface area contributed by atoms with Crippen LogP contribution >= 0.6 is 0 Å². The SMILES string of the molecule is CC(C)(C)C(C)(C(=O)O)C(F)(F)F. The molecule has 0 aliphatic carbocycles. The number of aliphatic carboxylic acids is 1. The Balaban J connectivity index is 5.35. The minimum absolute atomic E-state index is 0.704. The van der Waals surface area contributed by atoms with Crippen molar-refractivity contribution in [3.05, 3.63) is 0 Å². The Morgan fingerprint density at radius 2 is 1.38 bits per heavy atom. The molecule has 0 saturated carbocycles. The molecule has 0 spiro atoms. The van der Waals surface area contributed by atoms with E-state index < -0.39 is 23.0 Å². The lowest BCUT2D eigenvalue weighted by molar-refractivity contribution is -0.252. The summed E-state index contributed by atoms with van der Waals surface area (Å²) in [6, 6.07) is 0. The maximum absolute atomic E-state index is 12.5. The molecule has 0 amide bonds. The summed E-state index contributed by atoms with van der Waals surface area (Å²) in [4.78, 5) is 10.6. The van der Waals surface area contributed by atoms with E-state index in [1.54, 1.807) is 0 Å². The molecular weight excluding hydrogens is 185 g/mol. The lowest BCUT2D eigenvalue weighted by Crippen LogP contribution is -2.51. The zero-order chi connectivity index (χ0) is 11.1. The molecule has 5 heteroatoms. The molecule has 0 heterocycles. The third-order valence-electron chi connectivity index (χ3n) is 2.49. The second-order valence-electron chi connectivity index (χ2n) is 4.18. The topological polar surface area (TPSA) is 37.3 Å². The van der Waals surface area contributed by atoms with Crippen molar-refractivity contribution in [2.75, 3.05) is 0 Å². The smallest absolute Gasteiger partial charge is 0.405 e.